The van der Waals surface area contributed by atoms with Crippen LogP contribution in [0.3, 0.4) is 0 Å². The Bertz CT molecular complexity index is 1410. The van der Waals surface area contributed by atoms with Gasteiger partial charge in [-0.15, -0.1) is 0 Å². The van der Waals surface area contributed by atoms with Gasteiger partial charge in [-0.05, 0) is 68.1 Å². The third-order valence-corrected chi connectivity index (χ3v) is 9.52. The molecule has 220 valence electrons. The summed E-state index contributed by atoms with van der Waals surface area (Å²) in [6.45, 7) is 7.04. The predicted octanol–water partition coefficient (Wildman–Crippen LogP) is 6.47. The summed E-state index contributed by atoms with van der Waals surface area (Å²) in [4.78, 5) is 29.0. The van der Waals surface area contributed by atoms with E-state index in [-0.39, 0.29) is 23.4 Å². The van der Waals surface area contributed by atoms with E-state index in [0.717, 1.165) is 16.3 Å². The average molecular weight is 619 g/mol. The van der Waals surface area contributed by atoms with E-state index in [4.69, 9.17) is 23.2 Å². The zero-order valence-corrected chi connectivity index (χ0v) is 26.1. The first kappa shape index (κ1) is 32.4. The lowest BCUT2D eigenvalue weighted by Crippen LogP contribution is -2.53. The van der Waals surface area contributed by atoms with Gasteiger partial charge >= 0.3 is 0 Å². The molecule has 3 rings (SSSR count). The van der Waals surface area contributed by atoms with Gasteiger partial charge in [0.2, 0.25) is 11.8 Å². The zero-order chi connectivity index (χ0) is 30.2. The van der Waals surface area contributed by atoms with Crippen LogP contribution >= 0.6 is 23.2 Å². The van der Waals surface area contributed by atoms with Crippen LogP contribution in [-0.2, 0) is 32.6 Å². The largest absolute Gasteiger partial charge is 0.352 e. The summed E-state index contributed by atoms with van der Waals surface area (Å²) in [5.41, 5.74) is 1.84. The Balaban J connectivity index is 2.09. The number of hydrogen-bond donors (Lipinski definition) is 1. The maximum atomic E-state index is 14.2. The van der Waals surface area contributed by atoms with Gasteiger partial charge in [0.05, 0.1) is 10.6 Å². The molecule has 0 saturated carbocycles. The first-order valence-electron chi connectivity index (χ1n) is 13.7. The van der Waals surface area contributed by atoms with Crippen LogP contribution in [0.1, 0.15) is 51.7 Å². The van der Waals surface area contributed by atoms with Crippen LogP contribution in [0.4, 0.5) is 5.69 Å². The first-order chi connectivity index (χ1) is 19.5. The van der Waals surface area contributed by atoms with Crippen molar-refractivity contribution < 1.29 is 18.0 Å². The van der Waals surface area contributed by atoms with Crippen LogP contribution in [0.2, 0.25) is 10.0 Å². The van der Waals surface area contributed by atoms with Crippen molar-refractivity contribution in [3.63, 3.8) is 0 Å². The number of carbonyl (C=O) groups excluding carboxylic acids is 2. The van der Waals surface area contributed by atoms with E-state index in [1.165, 1.54) is 17.0 Å². The summed E-state index contributed by atoms with van der Waals surface area (Å²) in [7, 11) is -4.13. The van der Waals surface area contributed by atoms with Crippen molar-refractivity contribution in [1.29, 1.82) is 0 Å². The van der Waals surface area contributed by atoms with Gasteiger partial charge < -0.3 is 10.2 Å². The smallest absolute Gasteiger partial charge is 0.264 e. The summed E-state index contributed by atoms with van der Waals surface area (Å²) < 4.78 is 28.9. The molecule has 0 saturated heterocycles. The lowest BCUT2D eigenvalue weighted by atomic mass is 10.1. The SMILES string of the molecule is CCc1ccc(N(CC(=O)N(Cc2c(Cl)cccc2Cl)[C@H](CC)C(=O)N[C@H](C)CC)S(=O)(=O)c2ccccc2)cc1. The highest BCUT2D eigenvalue weighted by atomic mass is 35.5. The molecule has 2 atom stereocenters. The summed E-state index contributed by atoms with van der Waals surface area (Å²) in [5.74, 6) is -0.894. The van der Waals surface area contributed by atoms with Gasteiger partial charge in [0.15, 0.2) is 0 Å². The molecular weight excluding hydrogens is 581 g/mol. The molecule has 0 heterocycles. The minimum absolute atomic E-state index is 0.0506. The summed E-state index contributed by atoms with van der Waals surface area (Å²) in [5, 5.41) is 3.64. The molecule has 0 radical (unpaired) electrons. The molecule has 1 N–H and O–H groups in total. The third kappa shape index (κ3) is 8.03. The lowest BCUT2D eigenvalue weighted by molar-refractivity contribution is -0.140. The van der Waals surface area contributed by atoms with Gasteiger partial charge in [0.25, 0.3) is 10.0 Å². The number of rotatable bonds is 13. The minimum atomic E-state index is -4.13. The van der Waals surface area contributed by atoms with Crippen molar-refractivity contribution in [2.24, 2.45) is 0 Å². The molecule has 0 aliphatic heterocycles. The zero-order valence-electron chi connectivity index (χ0n) is 23.8. The molecule has 0 aromatic heterocycles. The molecular formula is C31H37Cl2N3O4S. The quantitative estimate of drug-likeness (QED) is 0.238. The number of benzene rings is 3. The average Bonchev–Trinajstić information content (AvgIpc) is 2.97. The van der Waals surface area contributed by atoms with Crippen molar-refractivity contribution in [3.8, 4) is 0 Å². The van der Waals surface area contributed by atoms with Crippen LogP contribution in [0.5, 0.6) is 0 Å². The fourth-order valence-electron chi connectivity index (χ4n) is 4.36. The van der Waals surface area contributed by atoms with E-state index in [1.807, 2.05) is 32.9 Å². The maximum absolute atomic E-state index is 14.2. The van der Waals surface area contributed by atoms with Gasteiger partial charge in [-0.1, -0.05) is 80.4 Å². The summed E-state index contributed by atoms with van der Waals surface area (Å²) in [6, 6.07) is 19.0. The molecule has 2 amide bonds. The number of halogens is 2. The number of nitrogens with zero attached hydrogens (tertiary/aromatic N) is 2. The fourth-order valence-corrected chi connectivity index (χ4v) is 6.31. The monoisotopic (exact) mass is 617 g/mol. The molecule has 0 aliphatic rings. The van der Waals surface area contributed by atoms with Crippen molar-refractivity contribution in [2.45, 2.75) is 70.5 Å². The van der Waals surface area contributed by atoms with Crippen molar-refractivity contribution >= 4 is 50.7 Å². The number of hydrogen-bond acceptors (Lipinski definition) is 4. The number of nitrogens with one attached hydrogen (secondary N) is 1. The van der Waals surface area contributed by atoms with E-state index in [2.05, 4.69) is 5.32 Å². The van der Waals surface area contributed by atoms with E-state index in [9.17, 15) is 18.0 Å². The molecule has 0 aliphatic carbocycles. The normalized spacial score (nSPS) is 12.8. The second kappa shape index (κ2) is 14.7. The highest BCUT2D eigenvalue weighted by Gasteiger charge is 2.34. The van der Waals surface area contributed by atoms with E-state index < -0.39 is 28.5 Å². The molecule has 3 aromatic carbocycles. The number of carbonyl (C=O) groups is 2. The van der Waals surface area contributed by atoms with Gasteiger partial charge in [0.1, 0.15) is 12.6 Å². The minimum Gasteiger partial charge on any atom is -0.352 e. The Hall–Kier alpha value is -3.07. The Labute approximate surface area is 253 Å². The Morgan fingerprint density at radius 1 is 0.854 bits per heavy atom. The molecule has 3 aromatic rings. The summed E-state index contributed by atoms with van der Waals surface area (Å²) in [6.07, 6.45) is 1.79. The van der Waals surface area contributed by atoms with Gasteiger partial charge in [-0.25, -0.2) is 8.42 Å². The molecule has 7 nitrogen and oxygen atoms in total. The van der Waals surface area contributed by atoms with E-state index in [0.29, 0.717) is 34.1 Å². The molecule has 0 unspecified atom stereocenters. The van der Waals surface area contributed by atoms with Crippen molar-refractivity contribution in [1.82, 2.24) is 10.2 Å². The molecule has 0 bridgehead atoms. The van der Waals surface area contributed by atoms with Crippen LogP contribution in [0.15, 0.2) is 77.7 Å². The number of anilines is 1. The van der Waals surface area contributed by atoms with Crippen molar-refractivity contribution in [3.05, 3.63) is 94.0 Å². The highest BCUT2D eigenvalue weighted by molar-refractivity contribution is 7.92. The van der Waals surface area contributed by atoms with Crippen molar-refractivity contribution in [2.75, 3.05) is 10.8 Å². The van der Waals surface area contributed by atoms with Crippen LogP contribution < -0.4 is 9.62 Å². The Kier molecular flexibility index (Phi) is 11.6. The fraction of sp³-hybridized carbons (Fsp3) is 0.355. The molecule has 10 heteroatoms. The van der Waals surface area contributed by atoms with Crippen LogP contribution in [0, 0.1) is 0 Å². The number of aryl methyl sites for hydroxylation is 1. The highest BCUT2D eigenvalue weighted by Crippen LogP contribution is 2.29. The second-order valence-corrected chi connectivity index (χ2v) is 12.5. The van der Waals surface area contributed by atoms with Gasteiger partial charge in [0, 0.05) is 28.2 Å². The maximum Gasteiger partial charge on any atom is 0.264 e. The second-order valence-electron chi connectivity index (χ2n) is 9.81. The van der Waals surface area contributed by atoms with Crippen LogP contribution in [-0.4, -0.2) is 43.8 Å². The molecule has 0 fully saturated rings. The predicted molar refractivity (Wildman–Crippen MR) is 166 cm³/mol. The standard InChI is InChI=1S/C31H37Cl2N3O4S/c1-5-22(4)34-31(38)29(7-3)35(20-26-27(32)14-11-15-28(26)33)30(37)21-36(24-18-16-23(6-2)17-19-24)41(39,40)25-12-9-8-10-13-25/h8-19,22,29H,5-7,20-21H2,1-4H3,(H,34,38)/t22-,29-/m1/s1. The topological polar surface area (TPSA) is 86.8 Å². The Morgan fingerprint density at radius 3 is 2.00 bits per heavy atom. The third-order valence-electron chi connectivity index (χ3n) is 7.02. The first-order valence-corrected chi connectivity index (χ1v) is 15.9. The van der Waals surface area contributed by atoms with Gasteiger partial charge in [-0.3, -0.25) is 13.9 Å². The number of sulfonamides is 1. The number of amides is 2. The lowest BCUT2D eigenvalue weighted by Gasteiger charge is -2.34. The molecule has 41 heavy (non-hydrogen) atoms. The molecule has 0 spiro atoms. The van der Waals surface area contributed by atoms with Crippen LogP contribution in [0.25, 0.3) is 0 Å². The Morgan fingerprint density at radius 2 is 1.46 bits per heavy atom. The van der Waals surface area contributed by atoms with E-state index in [1.54, 1.807) is 55.5 Å². The summed E-state index contributed by atoms with van der Waals surface area (Å²) >= 11 is 12.9. The van der Waals surface area contributed by atoms with Gasteiger partial charge in [-0.2, -0.15) is 0 Å². The van der Waals surface area contributed by atoms with E-state index >= 15 is 0 Å².